The predicted octanol–water partition coefficient (Wildman–Crippen LogP) is 2.54. The number of carbonyl (C=O) groups excluding carboxylic acids is 2. The van der Waals surface area contributed by atoms with Gasteiger partial charge in [0.25, 0.3) is 0 Å². The first kappa shape index (κ1) is 19.4. The van der Waals surface area contributed by atoms with Crippen LogP contribution in [0, 0.1) is 0 Å². The number of hydrogen-bond acceptors (Lipinski definition) is 5. The normalized spacial score (nSPS) is 11.1. The number of esters is 2. The number of allylic oxidation sites excluding steroid dienone is 1. The van der Waals surface area contributed by atoms with Gasteiger partial charge in [-0.15, -0.1) is 0 Å². The van der Waals surface area contributed by atoms with E-state index >= 15 is 0 Å². The van der Waals surface area contributed by atoms with Crippen LogP contribution in [0.15, 0.2) is 23.8 Å². The molecule has 0 fully saturated rings. The van der Waals surface area contributed by atoms with Gasteiger partial charge in [-0.1, -0.05) is 12.7 Å². The lowest BCUT2D eigenvalue weighted by Gasteiger charge is -2.06. The van der Waals surface area contributed by atoms with Crippen molar-refractivity contribution in [2.24, 2.45) is 0 Å². The molecule has 0 aliphatic heterocycles. The van der Waals surface area contributed by atoms with Crippen LogP contribution in [0.25, 0.3) is 0 Å². The summed E-state index contributed by atoms with van der Waals surface area (Å²) in [6.07, 6.45) is 5.47. The van der Waals surface area contributed by atoms with E-state index in [-0.39, 0.29) is 12.6 Å². The zero-order valence-corrected chi connectivity index (χ0v) is 13.0. The Morgan fingerprint density at radius 2 is 1.57 bits per heavy atom. The van der Waals surface area contributed by atoms with Gasteiger partial charge < -0.3 is 14.6 Å². The van der Waals surface area contributed by atoms with E-state index < -0.39 is 5.97 Å². The molecule has 0 atom stereocenters. The van der Waals surface area contributed by atoms with E-state index in [0.717, 1.165) is 19.3 Å². The van der Waals surface area contributed by atoms with Gasteiger partial charge in [-0.05, 0) is 46.0 Å². The molecule has 0 radical (unpaired) electrons. The lowest BCUT2D eigenvalue weighted by atomic mass is 10.2. The Morgan fingerprint density at radius 1 is 1.00 bits per heavy atom. The summed E-state index contributed by atoms with van der Waals surface area (Å²) in [4.78, 5) is 22.7. The Bertz CT molecular complexity index is 371. The summed E-state index contributed by atoms with van der Waals surface area (Å²) in [7, 11) is 0. The Morgan fingerprint density at radius 3 is 2.10 bits per heavy atom. The maximum atomic E-state index is 11.6. The fourth-order valence-corrected chi connectivity index (χ4v) is 1.43. The summed E-state index contributed by atoms with van der Waals surface area (Å²) in [6, 6.07) is 0. The van der Waals surface area contributed by atoms with Gasteiger partial charge >= 0.3 is 11.9 Å². The maximum Gasteiger partial charge on any atom is 0.333 e. The van der Waals surface area contributed by atoms with Crippen molar-refractivity contribution < 1.29 is 24.2 Å². The van der Waals surface area contributed by atoms with Crippen LogP contribution in [-0.4, -0.2) is 36.9 Å². The van der Waals surface area contributed by atoms with Crippen LogP contribution in [0.1, 0.15) is 46.0 Å². The molecular weight excluding hydrogens is 272 g/mol. The Hall–Kier alpha value is -1.62. The SMILES string of the molecule is C=C(C)C(=O)OCCCCOC(=O)C(C)=CCCCCO. The van der Waals surface area contributed by atoms with Gasteiger partial charge in [0.05, 0.1) is 13.2 Å². The van der Waals surface area contributed by atoms with E-state index in [0.29, 0.717) is 37.2 Å². The molecule has 0 bridgehead atoms. The van der Waals surface area contributed by atoms with Gasteiger partial charge in [0.2, 0.25) is 0 Å². The molecule has 5 nitrogen and oxygen atoms in total. The predicted molar refractivity (Wildman–Crippen MR) is 80.7 cm³/mol. The fourth-order valence-electron chi connectivity index (χ4n) is 1.43. The number of carbonyl (C=O) groups is 2. The Kier molecular flexibility index (Phi) is 11.2. The molecule has 0 unspecified atom stereocenters. The Balaban J connectivity index is 3.65. The summed E-state index contributed by atoms with van der Waals surface area (Å²) < 4.78 is 10.0. The average Bonchev–Trinajstić information content (AvgIpc) is 2.46. The molecule has 0 heterocycles. The summed E-state index contributed by atoms with van der Waals surface area (Å²) in [5, 5.41) is 8.64. The van der Waals surface area contributed by atoms with E-state index in [1.54, 1.807) is 13.8 Å². The van der Waals surface area contributed by atoms with Crippen molar-refractivity contribution in [3.63, 3.8) is 0 Å². The molecule has 0 rings (SSSR count). The van der Waals surface area contributed by atoms with Crippen molar-refractivity contribution in [2.45, 2.75) is 46.0 Å². The molecule has 1 N–H and O–H groups in total. The first-order chi connectivity index (χ1) is 9.99. The molecule has 0 spiro atoms. The van der Waals surface area contributed by atoms with E-state index in [2.05, 4.69) is 6.58 Å². The van der Waals surface area contributed by atoms with Gasteiger partial charge in [0.1, 0.15) is 0 Å². The number of ether oxygens (including phenoxy) is 2. The third-order valence-corrected chi connectivity index (χ3v) is 2.74. The van der Waals surface area contributed by atoms with Crippen LogP contribution in [0.3, 0.4) is 0 Å². The molecule has 21 heavy (non-hydrogen) atoms. The van der Waals surface area contributed by atoms with Crippen LogP contribution in [0.2, 0.25) is 0 Å². The van der Waals surface area contributed by atoms with Crippen LogP contribution >= 0.6 is 0 Å². The lowest BCUT2D eigenvalue weighted by molar-refractivity contribution is -0.141. The monoisotopic (exact) mass is 298 g/mol. The largest absolute Gasteiger partial charge is 0.462 e. The van der Waals surface area contributed by atoms with Crippen molar-refractivity contribution >= 4 is 11.9 Å². The van der Waals surface area contributed by atoms with Crippen LogP contribution in [-0.2, 0) is 19.1 Å². The number of aliphatic hydroxyl groups is 1. The number of aliphatic hydroxyl groups excluding tert-OH is 1. The third-order valence-electron chi connectivity index (χ3n) is 2.74. The number of unbranched alkanes of at least 4 members (excludes halogenated alkanes) is 3. The third kappa shape index (κ3) is 10.8. The second kappa shape index (κ2) is 12.1. The second-order valence-electron chi connectivity index (χ2n) is 4.87. The highest BCUT2D eigenvalue weighted by Crippen LogP contribution is 2.04. The van der Waals surface area contributed by atoms with Crippen molar-refractivity contribution in [3.05, 3.63) is 23.8 Å². The van der Waals surface area contributed by atoms with Gasteiger partial charge in [0.15, 0.2) is 0 Å². The lowest BCUT2D eigenvalue weighted by Crippen LogP contribution is -2.09. The van der Waals surface area contributed by atoms with Gasteiger partial charge in [-0.25, -0.2) is 9.59 Å². The van der Waals surface area contributed by atoms with E-state index in [1.807, 2.05) is 6.08 Å². The van der Waals surface area contributed by atoms with E-state index in [4.69, 9.17) is 14.6 Å². The van der Waals surface area contributed by atoms with Crippen LogP contribution in [0.5, 0.6) is 0 Å². The summed E-state index contributed by atoms with van der Waals surface area (Å²) in [5.41, 5.74) is 0.963. The van der Waals surface area contributed by atoms with Gasteiger partial charge in [0, 0.05) is 17.8 Å². The average molecular weight is 298 g/mol. The van der Waals surface area contributed by atoms with Crippen LogP contribution in [0.4, 0.5) is 0 Å². The van der Waals surface area contributed by atoms with E-state index in [9.17, 15) is 9.59 Å². The molecule has 5 heteroatoms. The van der Waals surface area contributed by atoms with Crippen LogP contribution < -0.4 is 0 Å². The minimum Gasteiger partial charge on any atom is -0.462 e. The molecule has 120 valence electrons. The molecule has 0 aliphatic carbocycles. The van der Waals surface area contributed by atoms with E-state index in [1.165, 1.54) is 0 Å². The Labute approximate surface area is 126 Å². The minimum atomic E-state index is -0.395. The van der Waals surface area contributed by atoms with Crippen molar-refractivity contribution in [3.8, 4) is 0 Å². The zero-order valence-electron chi connectivity index (χ0n) is 13.0. The molecule has 0 saturated heterocycles. The van der Waals surface area contributed by atoms with Gasteiger partial charge in [-0.2, -0.15) is 0 Å². The van der Waals surface area contributed by atoms with Crippen molar-refractivity contribution in [2.75, 3.05) is 19.8 Å². The maximum absolute atomic E-state index is 11.6. The molecule has 0 saturated carbocycles. The second-order valence-corrected chi connectivity index (χ2v) is 4.87. The molecule has 0 aromatic rings. The first-order valence-corrected chi connectivity index (χ1v) is 7.26. The topological polar surface area (TPSA) is 72.8 Å². The zero-order chi connectivity index (χ0) is 16.1. The van der Waals surface area contributed by atoms with Gasteiger partial charge in [-0.3, -0.25) is 0 Å². The number of rotatable bonds is 11. The highest BCUT2D eigenvalue weighted by Gasteiger charge is 2.05. The fraction of sp³-hybridized carbons (Fsp3) is 0.625. The smallest absolute Gasteiger partial charge is 0.333 e. The molecule has 0 aliphatic rings. The molecular formula is C16H26O5. The van der Waals surface area contributed by atoms with Crippen molar-refractivity contribution in [1.82, 2.24) is 0 Å². The highest BCUT2D eigenvalue weighted by molar-refractivity contribution is 5.87. The first-order valence-electron chi connectivity index (χ1n) is 7.26. The van der Waals surface area contributed by atoms with Crippen molar-refractivity contribution in [1.29, 1.82) is 0 Å². The quantitative estimate of drug-likeness (QED) is 0.360. The standard InChI is InChI=1S/C16H26O5/c1-13(2)15(18)20-11-7-8-12-21-16(19)14(3)9-5-4-6-10-17/h9,17H,1,4-8,10-12H2,2-3H3. The molecule has 0 amide bonds. The molecule has 0 aromatic carbocycles. The number of hydrogen-bond donors (Lipinski definition) is 1. The summed E-state index contributed by atoms with van der Waals surface area (Å²) in [6.45, 7) is 7.59. The summed E-state index contributed by atoms with van der Waals surface area (Å²) in [5.74, 6) is -0.716. The highest BCUT2D eigenvalue weighted by atomic mass is 16.5. The molecule has 0 aromatic heterocycles. The minimum absolute atomic E-state index is 0.174. The summed E-state index contributed by atoms with van der Waals surface area (Å²) >= 11 is 0.